The van der Waals surface area contributed by atoms with Crippen LogP contribution in [0, 0.1) is 19.3 Å². The molecule has 0 radical (unpaired) electrons. The van der Waals surface area contributed by atoms with Crippen molar-refractivity contribution in [3.8, 4) is 5.75 Å². The standard InChI is InChI=1S/C18H24N2O2/c1-5-15(19)16-8-6-7-9-20(16)18(21)14-10-13(3)17(22-4)11-12(14)2/h5,10-11,16,19H,1,6-9H2,2-4H3. The van der Waals surface area contributed by atoms with Gasteiger partial charge < -0.3 is 15.0 Å². The van der Waals surface area contributed by atoms with E-state index in [1.54, 1.807) is 13.2 Å². The molecule has 0 aliphatic carbocycles. The van der Waals surface area contributed by atoms with Crippen LogP contribution >= 0.6 is 0 Å². The van der Waals surface area contributed by atoms with E-state index in [-0.39, 0.29) is 11.9 Å². The van der Waals surface area contributed by atoms with Gasteiger partial charge >= 0.3 is 0 Å². The van der Waals surface area contributed by atoms with Crippen LogP contribution < -0.4 is 4.74 Å². The first-order chi connectivity index (χ1) is 10.5. The van der Waals surface area contributed by atoms with Crippen molar-refractivity contribution in [2.75, 3.05) is 13.7 Å². The van der Waals surface area contributed by atoms with Crippen LogP contribution in [0.25, 0.3) is 0 Å². The molecule has 1 heterocycles. The molecule has 0 spiro atoms. The van der Waals surface area contributed by atoms with Crippen LogP contribution in [0.5, 0.6) is 5.75 Å². The summed E-state index contributed by atoms with van der Waals surface area (Å²) in [7, 11) is 1.63. The number of methoxy groups -OCH3 is 1. The molecule has 1 aliphatic rings. The molecule has 2 rings (SSSR count). The molecular weight excluding hydrogens is 276 g/mol. The number of rotatable bonds is 4. The lowest BCUT2D eigenvalue weighted by atomic mass is 9.95. The number of benzene rings is 1. The van der Waals surface area contributed by atoms with Crippen LogP contribution in [0.2, 0.25) is 0 Å². The minimum absolute atomic E-state index is 0.000414. The molecule has 1 N–H and O–H groups in total. The molecule has 1 saturated heterocycles. The third kappa shape index (κ3) is 3.06. The summed E-state index contributed by atoms with van der Waals surface area (Å²) in [6.45, 7) is 8.24. The van der Waals surface area contributed by atoms with Gasteiger partial charge in [0.15, 0.2) is 0 Å². The number of piperidine rings is 1. The first-order valence-corrected chi connectivity index (χ1v) is 7.66. The molecule has 1 aromatic rings. The summed E-state index contributed by atoms with van der Waals surface area (Å²) in [5, 5.41) is 8.05. The maximum absolute atomic E-state index is 13.0. The molecule has 4 heteroatoms. The molecule has 118 valence electrons. The highest BCUT2D eigenvalue weighted by Gasteiger charge is 2.30. The lowest BCUT2D eigenvalue weighted by Gasteiger charge is -2.36. The summed E-state index contributed by atoms with van der Waals surface area (Å²) in [4.78, 5) is 14.8. The summed E-state index contributed by atoms with van der Waals surface area (Å²) in [5.74, 6) is 0.794. The number of nitrogens with zero attached hydrogens (tertiary/aromatic N) is 1. The highest BCUT2D eigenvalue weighted by atomic mass is 16.5. The Bertz CT molecular complexity index is 607. The van der Waals surface area contributed by atoms with Crippen LogP contribution in [0.3, 0.4) is 0 Å². The van der Waals surface area contributed by atoms with Gasteiger partial charge in [-0.05, 0) is 62.4 Å². The van der Waals surface area contributed by atoms with Gasteiger partial charge in [0, 0.05) is 12.1 Å². The molecule has 0 aromatic heterocycles. The second-order valence-corrected chi connectivity index (χ2v) is 5.81. The largest absolute Gasteiger partial charge is 0.496 e. The van der Waals surface area contributed by atoms with E-state index in [9.17, 15) is 4.79 Å². The van der Waals surface area contributed by atoms with E-state index in [0.717, 1.165) is 36.1 Å². The Labute approximate surface area is 132 Å². The molecule has 0 saturated carbocycles. The van der Waals surface area contributed by atoms with E-state index in [0.29, 0.717) is 17.8 Å². The number of ether oxygens (including phenoxy) is 1. The first-order valence-electron chi connectivity index (χ1n) is 7.66. The third-order valence-corrected chi connectivity index (χ3v) is 4.31. The van der Waals surface area contributed by atoms with Crippen molar-refractivity contribution in [3.05, 3.63) is 41.5 Å². The first kappa shape index (κ1) is 16.3. The summed E-state index contributed by atoms with van der Waals surface area (Å²) >= 11 is 0. The van der Waals surface area contributed by atoms with Gasteiger partial charge in [0.05, 0.1) is 18.9 Å². The predicted molar refractivity (Wildman–Crippen MR) is 89.1 cm³/mol. The summed E-state index contributed by atoms with van der Waals surface area (Å²) in [6.07, 6.45) is 4.42. The molecule has 0 bridgehead atoms. The number of hydrogen-bond acceptors (Lipinski definition) is 3. The normalized spacial score (nSPS) is 18.0. The number of likely N-dealkylation sites (tertiary alicyclic amines) is 1. The van der Waals surface area contributed by atoms with Crippen LogP contribution in [0.1, 0.15) is 40.7 Å². The van der Waals surface area contributed by atoms with Crippen molar-refractivity contribution >= 4 is 11.6 Å². The van der Waals surface area contributed by atoms with Crippen molar-refractivity contribution in [2.45, 2.75) is 39.2 Å². The Morgan fingerprint density at radius 1 is 1.36 bits per heavy atom. The van der Waals surface area contributed by atoms with E-state index in [2.05, 4.69) is 6.58 Å². The van der Waals surface area contributed by atoms with Gasteiger partial charge in [-0.1, -0.05) is 6.58 Å². The van der Waals surface area contributed by atoms with E-state index in [4.69, 9.17) is 10.1 Å². The lowest BCUT2D eigenvalue weighted by Crippen LogP contribution is -2.47. The van der Waals surface area contributed by atoms with E-state index < -0.39 is 0 Å². The van der Waals surface area contributed by atoms with Gasteiger partial charge in [0.2, 0.25) is 0 Å². The highest BCUT2D eigenvalue weighted by molar-refractivity contribution is 6.03. The number of carbonyl (C=O) groups is 1. The maximum Gasteiger partial charge on any atom is 0.254 e. The number of carbonyl (C=O) groups excluding carboxylic acids is 1. The van der Waals surface area contributed by atoms with Crippen LogP contribution in [-0.2, 0) is 0 Å². The fraction of sp³-hybridized carbons (Fsp3) is 0.444. The van der Waals surface area contributed by atoms with Crippen molar-refractivity contribution in [2.24, 2.45) is 0 Å². The topological polar surface area (TPSA) is 53.4 Å². The van der Waals surface area contributed by atoms with Crippen molar-refractivity contribution in [1.82, 2.24) is 4.90 Å². The summed E-state index contributed by atoms with van der Waals surface area (Å²) in [5.41, 5.74) is 2.98. The molecule has 1 amide bonds. The average molecular weight is 300 g/mol. The van der Waals surface area contributed by atoms with Crippen LogP contribution in [0.15, 0.2) is 24.8 Å². The molecule has 1 fully saturated rings. The number of hydrogen-bond donors (Lipinski definition) is 1. The Morgan fingerprint density at radius 3 is 2.73 bits per heavy atom. The number of aryl methyl sites for hydroxylation is 2. The SMILES string of the molecule is C=CC(=N)C1CCCCN1C(=O)c1cc(C)c(OC)cc1C. The third-order valence-electron chi connectivity index (χ3n) is 4.31. The van der Waals surface area contributed by atoms with Gasteiger partial charge in [-0.15, -0.1) is 0 Å². The zero-order valence-corrected chi connectivity index (χ0v) is 13.6. The lowest BCUT2D eigenvalue weighted by molar-refractivity contribution is 0.0679. The second kappa shape index (κ2) is 6.77. The maximum atomic E-state index is 13.0. The van der Waals surface area contributed by atoms with Crippen LogP contribution in [0.4, 0.5) is 0 Å². The second-order valence-electron chi connectivity index (χ2n) is 5.81. The van der Waals surface area contributed by atoms with Crippen LogP contribution in [-0.4, -0.2) is 36.2 Å². The molecule has 4 nitrogen and oxygen atoms in total. The zero-order chi connectivity index (χ0) is 16.3. The zero-order valence-electron chi connectivity index (χ0n) is 13.6. The van der Waals surface area contributed by atoms with E-state index >= 15 is 0 Å². The Balaban J connectivity index is 2.35. The fourth-order valence-electron chi connectivity index (χ4n) is 3.03. The van der Waals surface area contributed by atoms with Gasteiger partial charge in [-0.25, -0.2) is 0 Å². The average Bonchev–Trinajstić information content (AvgIpc) is 2.55. The Hall–Kier alpha value is -2.10. The van der Waals surface area contributed by atoms with E-state index in [1.165, 1.54) is 0 Å². The number of amides is 1. The summed E-state index contributed by atoms with van der Waals surface area (Å²) < 4.78 is 5.31. The highest BCUT2D eigenvalue weighted by Crippen LogP contribution is 2.26. The molecule has 1 unspecified atom stereocenters. The minimum Gasteiger partial charge on any atom is -0.496 e. The quantitative estimate of drug-likeness (QED) is 0.865. The minimum atomic E-state index is -0.152. The van der Waals surface area contributed by atoms with Gasteiger partial charge in [-0.2, -0.15) is 0 Å². The molecular formula is C18H24N2O2. The Morgan fingerprint density at radius 2 is 2.09 bits per heavy atom. The van der Waals surface area contributed by atoms with Crippen molar-refractivity contribution < 1.29 is 9.53 Å². The van der Waals surface area contributed by atoms with Gasteiger partial charge in [-0.3, -0.25) is 4.79 Å². The molecule has 22 heavy (non-hydrogen) atoms. The van der Waals surface area contributed by atoms with Crippen molar-refractivity contribution in [3.63, 3.8) is 0 Å². The Kier molecular flexibility index (Phi) is 5.01. The monoisotopic (exact) mass is 300 g/mol. The summed E-state index contributed by atoms with van der Waals surface area (Å²) in [6, 6.07) is 3.64. The molecule has 1 aromatic carbocycles. The van der Waals surface area contributed by atoms with Gasteiger partial charge in [0.25, 0.3) is 5.91 Å². The fourth-order valence-corrected chi connectivity index (χ4v) is 3.03. The van der Waals surface area contributed by atoms with Crippen molar-refractivity contribution in [1.29, 1.82) is 5.41 Å². The smallest absolute Gasteiger partial charge is 0.254 e. The molecule has 1 aliphatic heterocycles. The van der Waals surface area contributed by atoms with E-state index in [1.807, 2.05) is 30.9 Å². The molecule has 1 atom stereocenters. The van der Waals surface area contributed by atoms with Gasteiger partial charge in [0.1, 0.15) is 5.75 Å². The predicted octanol–water partition coefficient (Wildman–Crippen LogP) is 3.51. The number of nitrogens with one attached hydrogen (secondary N) is 1.